The van der Waals surface area contributed by atoms with Gasteiger partial charge in [-0.15, -0.1) is 0 Å². The molecule has 2 N–H and O–H groups in total. The molecule has 6 rings (SSSR count). The van der Waals surface area contributed by atoms with Crippen molar-refractivity contribution in [3.63, 3.8) is 0 Å². The van der Waals surface area contributed by atoms with E-state index in [2.05, 4.69) is 82.1 Å². The first-order valence-electron chi connectivity index (χ1n) is 10.00. The summed E-state index contributed by atoms with van der Waals surface area (Å²) >= 11 is 0. The van der Waals surface area contributed by atoms with Gasteiger partial charge in [-0.25, -0.2) is 9.98 Å². The van der Waals surface area contributed by atoms with E-state index in [0.29, 0.717) is 0 Å². The highest BCUT2D eigenvalue weighted by Crippen LogP contribution is 2.36. The van der Waals surface area contributed by atoms with E-state index in [9.17, 15) is 0 Å². The van der Waals surface area contributed by atoms with E-state index in [1.54, 1.807) is 0 Å². The largest absolute Gasteiger partial charge is 0.372 e. The van der Waals surface area contributed by atoms with E-state index in [-0.39, 0.29) is 5.54 Å². The Morgan fingerprint density at radius 1 is 0.767 bits per heavy atom. The maximum absolute atomic E-state index is 4.83. The molecule has 0 amide bonds. The van der Waals surface area contributed by atoms with E-state index in [1.165, 1.54) is 0 Å². The fraction of sp³-hybridized carbons (Fsp3) is 0.0800. The number of aliphatic imine (C=N–C) groups is 2. The molecular formula is C25H19N5. The molecule has 6 heterocycles. The van der Waals surface area contributed by atoms with Gasteiger partial charge in [0, 0.05) is 28.8 Å². The molecule has 2 aromatic heterocycles. The van der Waals surface area contributed by atoms with Crippen LogP contribution >= 0.6 is 0 Å². The third kappa shape index (κ3) is 3.01. The third-order valence-corrected chi connectivity index (χ3v) is 5.61. The van der Waals surface area contributed by atoms with Gasteiger partial charge in [-0.1, -0.05) is 6.08 Å². The topological polar surface area (TPSA) is 65.4 Å². The van der Waals surface area contributed by atoms with E-state index in [4.69, 9.17) is 9.98 Å². The summed E-state index contributed by atoms with van der Waals surface area (Å²) < 4.78 is 0. The third-order valence-electron chi connectivity index (χ3n) is 5.61. The second-order valence-electron chi connectivity index (χ2n) is 7.73. The number of fused-ring (bicyclic) bond motifs is 6. The van der Waals surface area contributed by atoms with Gasteiger partial charge in [0.2, 0.25) is 0 Å². The Morgan fingerprint density at radius 3 is 2.23 bits per heavy atom. The summed E-state index contributed by atoms with van der Waals surface area (Å²) in [4.78, 5) is 17.2. The Morgan fingerprint density at radius 2 is 1.47 bits per heavy atom. The van der Waals surface area contributed by atoms with Gasteiger partial charge in [-0.3, -0.25) is 4.98 Å². The lowest BCUT2D eigenvalue weighted by Crippen LogP contribution is -2.35. The van der Waals surface area contributed by atoms with Crippen molar-refractivity contribution in [1.82, 2.24) is 15.3 Å². The average molecular weight is 389 g/mol. The van der Waals surface area contributed by atoms with Crippen LogP contribution in [0.3, 0.4) is 0 Å². The maximum atomic E-state index is 4.83. The number of aromatic amines is 1. The molecule has 4 aliphatic rings. The second-order valence-corrected chi connectivity index (χ2v) is 7.73. The zero-order chi connectivity index (χ0) is 20.0. The van der Waals surface area contributed by atoms with Gasteiger partial charge >= 0.3 is 0 Å². The second kappa shape index (κ2) is 6.52. The molecule has 0 aromatic carbocycles. The van der Waals surface area contributed by atoms with Gasteiger partial charge in [0.1, 0.15) is 0 Å². The normalized spacial score (nSPS) is 29.3. The molecule has 30 heavy (non-hydrogen) atoms. The summed E-state index contributed by atoms with van der Waals surface area (Å²) in [6.07, 6.45) is 23.3. The van der Waals surface area contributed by atoms with Gasteiger partial charge in [-0.05, 0) is 84.9 Å². The van der Waals surface area contributed by atoms with Crippen LogP contribution in [0.25, 0.3) is 12.2 Å². The van der Waals surface area contributed by atoms with Crippen LogP contribution in [0.2, 0.25) is 0 Å². The Kier molecular flexibility index (Phi) is 3.68. The minimum Gasteiger partial charge on any atom is -0.372 e. The predicted octanol–water partition coefficient (Wildman–Crippen LogP) is 2.55. The van der Waals surface area contributed by atoms with Gasteiger partial charge in [0.05, 0.1) is 28.4 Å². The minimum absolute atomic E-state index is 0.369. The molecule has 0 saturated carbocycles. The molecule has 2 aromatic rings. The molecule has 4 aliphatic heterocycles. The molecule has 0 spiro atoms. The van der Waals surface area contributed by atoms with E-state index in [0.717, 1.165) is 51.2 Å². The fourth-order valence-corrected chi connectivity index (χ4v) is 4.18. The first-order chi connectivity index (χ1) is 14.7. The lowest BCUT2D eigenvalue weighted by molar-refractivity contribution is 0.503. The summed E-state index contributed by atoms with van der Waals surface area (Å²) in [6.45, 7) is 0. The number of allylic oxidation sites excluding steroid dienone is 5. The number of hydrogen-bond acceptors (Lipinski definition) is 4. The molecule has 0 saturated heterocycles. The predicted molar refractivity (Wildman–Crippen MR) is 120 cm³/mol. The van der Waals surface area contributed by atoms with Crippen LogP contribution in [0.5, 0.6) is 0 Å². The van der Waals surface area contributed by atoms with Gasteiger partial charge in [-0.2, -0.15) is 0 Å². The molecule has 1 unspecified atom stereocenters. The molecule has 5 heteroatoms. The molecule has 0 fully saturated rings. The number of aromatic nitrogens is 2. The summed E-state index contributed by atoms with van der Waals surface area (Å²) in [7, 11) is 0. The van der Waals surface area contributed by atoms with Crippen molar-refractivity contribution in [3.8, 4) is 0 Å². The molecule has 144 valence electrons. The van der Waals surface area contributed by atoms with Crippen LogP contribution in [0.4, 0.5) is 0 Å². The number of nitrogens with zero attached hydrogens (tertiary/aromatic N) is 3. The standard InChI is InChI=1S/C25H19N5/c1-2-20-14-21-5-6-24(29-21)16-25(17-8-11-26-12-9-17)10-7-23(30-25)15-22-4-3-19(28-22)13-18(1)27-20/h1-9,11-16,27,30H,10H2/b18-13-,20-14-,22-15-,24-16-. The molecular weight excluding hydrogens is 370 g/mol. The Labute approximate surface area is 173 Å². The maximum Gasteiger partial charge on any atom is 0.0869 e. The number of hydrogen-bond donors (Lipinski definition) is 2. The van der Waals surface area contributed by atoms with Gasteiger partial charge in [0.15, 0.2) is 0 Å². The van der Waals surface area contributed by atoms with Crippen LogP contribution in [0.15, 0.2) is 106 Å². The van der Waals surface area contributed by atoms with E-state index >= 15 is 0 Å². The molecule has 5 nitrogen and oxygen atoms in total. The molecule has 1 atom stereocenters. The molecule has 0 aliphatic carbocycles. The van der Waals surface area contributed by atoms with Crippen LogP contribution in [0.1, 0.15) is 12.0 Å². The highest BCUT2D eigenvalue weighted by molar-refractivity contribution is 6.20. The fourth-order valence-electron chi connectivity index (χ4n) is 4.18. The van der Waals surface area contributed by atoms with Crippen molar-refractivity contribution in [1.29, 1.82) is 0 Å². The minimum atomic E-state index is -0.369. The van der Waals surface area contributed by atoms with Crippen molar-refractivity contribution in [2.24, 2.45) is 9.98 Å². The lowest BCUT2D eigenvalue weighted by atomic mass is 9.88. The van der Waals surface area contributed by atoms with E-state index in [1.807, 2.05) is 24.5 Å². The van der Waals surface area contributed by atoms with Crippen molar-refractivity contribution in [2.75, 3.05) is 0 Å². The van der Waals surface area contributed by atoms with Crippen molar-refractivity contribution < 1.29 is 0 Å². The van der Waals surface area contributed by atoms with Crippen molar-refractivity contribution in [2.45, 2.75) is 12.0 Å². The highest BCUT2D eigenvalue weighted by Gasteiger charge is 2.34. The average Bonchev–Trinajstić information content (AvgIpc) is 3.54. The molecule has 0 radical (unpaired) electrons. The summed E-state index contributed by atoms with van der Waals surface area (Å²) in [5.41, 5.74) is 5.58. The Balaban J connectivity index is 1.54. The summed E-state index contributed by atoms with van der Waals surface area (Å²) in [5.74, 6) is 0. The van der Waals surface area contributed by atoms with Gasteiger partial charge < -0.3 is 10.3 Å². The Bertz CT molecular complexity index is 1380. The molecule has 8 bridgehead atoms. The van der Waals surface area contributed by atoms with Crippen molar-refractivity contribution in [3.05, 3.63) is 113 Å². The zero-order valence-electron chi connectivity index (χ0n) is 16.2. The SMILES string of the molecule is C1=C/C2=C/C3=CCC(c4ccncc4)(/C=C4/C=CC(=N4)/C=c4/cc/c([nH]4)=C/C1=N2)N3. The summed E-state index contributed by atoms with van der Waals surface area (Å²) in [6, 6.07) is 8.24. The van der Waals surface area contributed by atoms with Crippen LogP contribution in [-0.2, 0) is 5.54 Å². The van der Waals surface area contributed by atoms with Crippen LogP contribution in [-0.4, -0.2) is 21.4 Å². The van der Waals surface area contributed by atoms with Crippen LogP contribution < -0.4 is 16.0 Å². The number of H-pyrrole nitrogens is 1. The Hall–Kier alpha value is -3.99. The lowest BCUT2D eigenvalue weighted by Gasteiger charge is -2.28. The zero-order valence-corrected chi connectivity index (χ0v) is 16.2. The van der Waals surface area contributed by atoms with Gasteiger partial charge in [0.25, 0.3) is 0 Å². The smallest absolute Gasteiger partial charge is 0.0869 e. The number of pyridine rings is 1. The monoisotopic (exact) mass is 389 g/mol. The number of nitrogens with one attached hydrogen (secondary N) is 2. The highest BCUT2D eigenvalue weighted by atomic mass is 15.0. The quantitative estimate of drug-likeness (QED) is 0.787. The summed E-state index contributed by atoms with van der Waals surface area (Å²) in [5, 5.41) is 5.75. The first-order valence-corrected chi connectivity index (χ1v) is 10.00. The van der Waals surface area contributed by atoms with E-state index < -0.39 is 0 Å². The first kappa shape index (κ1) is 16.9. The number of rotatable bonds is 1. The van der Waals surface area contributed by atoms with Crippen LogP contribution in [0, 0.1) is 0 Å². The van der Waals surface area contributed by atoms with Crippen molar-refractivity contribution >= 4 is 23.6 Å².